The molecule has 0 aliphatic rings. The van der Waals surface area contributed by atoms with Crippen LogP contribution in [0.25, 0.3) is 0 Å². The van der Waals surface area contributed by atoms with Gasteiger partial charge in [0.2, 0.25) is 0 Å². The topological polar surface area (TPSA) is 157 Å². The van der Waals surface area contributed by atoms with Crippen molar-refractivity contribution in [1.29, 1.82) is 0 Å². The standard InChI is InChI=1S/C8H9F6N3O9Si/c1-2-27(24-3-6(9,10)15(18)19,25-4-7(11,12)16(20)21)26-5-8(13,14)17(22)23/h2H,1,3-5H2. The van der Waals surface area contributed by atoms with Crippen LogP contribution in [0.4, 0.5) is 26.3 Å². The summed E-state index contributed by atoms with van der Waals surface area (Å²) in [6.45, 7) is -3.96. The van der Waals surface area contributed by atoms with Crippen molar-refractivity contribution in [1.82, 2.24) is 0 Å². The lowest BCUT2D eigenvalue weighted by molar-refractivity contribution is -0.649. The molecule has 0 aromatic carbocycles. The van der Waals surface area contributed by atoms with Crippen LogP contribution in [0.3, 0.4) is 0 Å². The van der Waals surface area contributed by atoms with Crippen molar-refractivity contribution in [2.45, 2.75) is 18.1 Å². The van der Waals surface area contributed by atoms with Gasteiger partial charge in [0.25, 0.3) is 0 Å². The van der Waals surface area contributed by atoms with Gasteiger partial charge in [-0.1, -0.05) is 6.58 Å². The first-order chi connectivity index (χ1) is 12.0. The zero-order valence-corrected chi connectivity index (χ0v) is 13.7. The summed E-state index contributed by atoms with van der Waals surface area (Å²) in [5.41, 5.74) is 0.148. The first kappa shape index (κ1) is 24.6. The highest BCUT2D eigenvalue weighted by molar-refractivity contribution is 6.66. The molecule has 0 amide bonds. The summed E-state index contributed by atoms with van der Waals surface area (Å²) in [5, 5.41) is 30.3. The van der Waals surface area contributed by atoms with Gasteiger partial charge >= 0.3 is 26.9 Å². The lowest BCUT2D eigenvalue weighted by Gasteiger charge is -2.27. The average molecular weight is 433 g/mol. The zero-order valence-electron chi connectivity index (χ0n) is 12.7. The van der Waals surface area contributed by atoms with E-state index in [9.17, 15) is 56.7 Å². The molecule has 156 valence electrons. The van der Waals surface area contributed by atoms with Crippen molar-refractivity contribution >= 4 is 8.80 Å². The molecule has 0 rings (SSSR count). The maximum Gasteiger partial charge on any atom is 0.533 e. The van der Waals surface area contributed by atoms with Crippen molar-refractivity contribution in [3.05, 3.63) is 42.6 Å². The third kappa shape index (κ3) is 7.03. The smallest absolute Gasteiger partial charge is 0.356 e. The van der Waals surface area contributed by atoms with E-state index >= 15 is 0 Å². The summed E-state index contributed by atoms with van der Waals surface area (Å²) in [6.07, 6.45) is 0. The molecule has 0 saturated carbocycles. The highest BCUT2D eigenvalue weighted by atomic mass is 28.4. The van der Waals surface area contributed by atoms with E-state index in [0.29, 0.717) is 0 Å². The summed E-state index contributed by atoms with van der Waals surface area (Å²) in [4.78, 5) is 23.7. The Kier molecular flexibility index (Phi) is 7.78. The Morgan fingerprint density at radius 2 is 0.963 bits per heavy atom. The Hall–Kier alpha value is -2.38. The van der Waals surface area contributed by atoms with Crippen molar-refractivity contribution < 1.29 is 54.4 Å². The predicted molar refractivity (Wildman–Crippen MR) is 69.6 cm³/mol. The van der Waals surface area contributed by atoms with Gasteiger partial charge < -0.3 is 13.3 Å². The van der Waals surface area contributed by atoms with Gasteiger partial charge in [0.05, 0.1) is 14.8 Å². The summed E-state index contributed by atoms with van der Waals surface area (Å²) < 4.78 is 90.1. The van der Waals surface area contributed by atoms with E-state index in [1.54, 1.807) is 0 Å². The molecule has 0 aromatic heterocycles. The van der Waals surface area contributed by atoms with Crippen LogP contribution in [-0.4, -0.2) is 61.5 Å². The summed E-state index contributed by atoms with van der Waals surface area (Å²) in [7, 11) is -5.33. The van der Waals surface area contributed by atoms with Crippen molar-refractivity contribution in [2.75, 3.05) is 19.8 Å². The minimum atomic E-state index is -5.33. The Labute approximate surface area is 145 Å². The maximum absolute atomic E-state index is 13.0. The van der Waals surface area contributed by atoms with Crippen LogP contribution in [0.5, 0.6) is 0 Å². The minimum Gasteiger partial charge on any atom is -0.356 e. The predicted octanol–water partition coefficient (Wildman–Crippen LogP) is 1.31. The van der Waals surface area contributed by atoms with Gasteiger partial charge in [-0.15, -0.1) is 26.3 Å². The summed E-state index contributed by atoms with van der Waals surface area (Å²) >= 11 is 0. The van der Waals surface area contributed by atoms with Crippen LogP contribution in [0.1, 0.15) is 0 Å². The van der Waals surface area contributed by atoms with Crippen molar-refractivity contribution in [2.24, 2.45) is 0 Å². The maximum atomic E-state index is 13.0. The molecule has 0 aromatic rings. The normalized spacial score (nSPS) is 13.3. The van der Waals surface area contributed by atoms with Crippen molar-refractivity contribution in [3.8, 4) is 0 Å². The molecule has 0 radical (unpaired) electrons. The monoisotopic (exact) mass is 433 g/mol. The number of hydrogen-bond donors (Lipinski definition) is 0. The third-order valence-corrected chi connectivity index (χ3v) is 4.53. The van der Waals surface area contributed by atoms with Gasteiger partial charge in [0.1, 0.15) is 0 Å². The van der Waals surface area contributed by atoms with Gasteiger partial charge in [-0.2, -0.15) is 0 Å². The molecule has 0 bridgehead atoms. The van der Waals surface area contributed by atoms with E-state index in [0.717, 1.165) is 0 Å². The van der Waals surface area contributed by atoms with E-state index in [-0.39, 0.29) is 5.70 Å². The number of hydrogen-bond acceptors (Lipinski definition) is 9. The molecular weight excluding hydrogens is 424 g/mol. The molecule has 0 unspecified atom stereocenters. The van der Waals surface area contributed by atoms with E-state index in [2.05, 4.69) is 19.9 Å². The molecule has 0 fully saturated rings. The molecule has 0 saturated heterocycles. The van der Waals surface area contributed by atoms with E-state index < -0.39 is 61.5 Å². The number of nitro groups is 3. The minimum absolute atomic E-state index is 0.148. The lowest BCUT2D eigenvalue weighted by Crippen LogP contribution is -2.53. The lowest BCUT2D eigenvalue weighted by atomic mass is 10.6. The Balaban J connectivity index is 5.54. The second-order valence-electron chi connectivity index (χ2n) is 4.44. The van der Waals surface area contributed by atoms with Crippen LogP contribution in [0.2, 0.25) is 0 Å². The number of halogens is 6. The third-order valence-electron chi connectivity index (χ3n) is 2.39. The highest BCUT2D eigenvalue weighted by Crippen LogP contribution is 2.25. The Bertz CT molecular complexity index is 532. The Morgan fingerprint density at radius 3 is 1.11 bits per heavy atom. The summed E-state index contributed by atoms with van der Waals surface area (Å²) in [5.74, 6) is 0. The van der Waals surface area contributed by atoms with Gasteiger partial charge in [0, 0.05) is 0 Å². The SMILES string of the molecule is C=C[Si](OCC(F)(F)[N+](=O)[O-])(OCC(F)(F)[N+](=O)[O-])OCC(F)(F)[N+](=O)[O-]. The average Bonchev–Trinajstić information content (AvgIpc) is 2.54. The Morgan fingerprint density at radius 1 is 0.741 bits per heavy atom. The molecule has 0 aliphatic heterocycles. The molecule has 19 heteroatoms. The van der Waals surface area contributed by atoms with Gasteiger partial charge in [-0.3, -0.25) is 30.3 Å². The molecular formula is C8H9F6N3O9Si. The second-order valence-corrected chi connectivity index (χ2v) is 6.92. The van der Waals surface area contributed by atoms with Crippen LogP contribution in [0, 0.1) is 30.3 Å². The number of rotatable bonds is 13. The van der Waals surface area contributed by atoms with E-state index in [4.69, 9.17) is 0 Å². The van der Waals surface area contributed by atoms with Gasteiger partial charge in [-0.25, -0.2) is 0 Å². The van der Waals surface area contributed by atoms with Gasteiger partial charge in [0.15, 0.2) is 19.8 Å². The van der Waals surface area contributed by atoms with Crippen LogP contribution in [0.15, 0.2) is 12.3 Å². The molecule has 12 nitrogen and oxygen atoms in total. The van der Waals surface area contributed by atoms with Crippen LogP contribution < -0.4 is 0 Å². The van der Waals surface area contributed by atoms with Crippen molar-refractivity contribution in [3.63, 3.8) is 0 Å². The second kappa shape index (κ2) is 8.54. The fourth-order valence-corrected chi connectivity index (χ4v) is 2.75. The zero-order chi connectivity index (χ0) is 21.7. The van der Waals surface area contributed by atoms with E-state index in [1.165, 1.54) is 0 Å². The molecule has 27 heavy (non-hydrogen) atoms. The fourth-order valence-electron chi connectivity index (χ4n) is 1.02. The molecule has 0 aliphatic carbocycles. The van der Waals surface area contributed by atoms with Crippen LogP contribution >= 0.6 is 0 Å². The number of alkyl halides is 6. The summed E-state index contributed by atoms with van der Waals surface area (Å²) in [6, 6.07) is -14.6. The number of nitrogens with zero attached hydrogens (tertiary/aromatic N) is 3. The molecule has 0 atom stereocenters. The molecule has 0 N–H and O–H groups in total. The fraction of sp³-hybridized carbons (Fsp3) is 0.750. The first-order valence-electron chi connectivity index (χ1n) is 6.14. The van der Waals surface area contributed by atoms with Gasteiger partial charge in [-0.05, 0) is 5.70 Å². The van der Waals surface area contributed by atoms with E-state index in [1.807, 2.05) is 0 Å². The quantitative estimate of drug-likeness (QED) is 0.137. The largest absolute Gasteiger partial charge is 0.533 e. The first-order valence-corrected chi connectivity index (χ1v) is 7.94. The molecule has 0 spiro atoms. The highest BCUT2D eigenvalue weighted by Gasteiger charge is 2.56. The molecule has 0 heterocycles. The van der Waals surface area contributed by atoms with Crippen LogP contribution in [-0.2, 0) is 13.3 Å².